The topological polar surface area (TPSA) is 58.4 Å². The average Bonchev–Trinajstić information content (AvgIpc) is 3.14. The van der Waals surface area contributed by atoms with E-state index in [2.05, 4.69) is 53.5 Å². The molecule has 1 saturated heterocycles. The second-order valence-corrected chi connectivity index (χ2v) is 7.39. The maximum absolute atomic E-state index is 12.4. The maximum atomic E-state index is 12.4. The van der Waals surface area contributed by atoms with Crippen LogP contribution in [0.1, 0.15) is 60.1 Å². The minimum absolute atomic E-state index is 0.170. The van der Waals surface area contributed by atoms with Crippen molar-refractivity contribution in [2.45, 2.75) is 46.1 Å². The first-order chi connectivity index (χ1) is 12.6. The van der Waals surface area contributed by atoms with Gasteiger partial charge in [-0.2, -0.15) is 0 Å². The maximum Gasteiger partial charge on any atom is 0.273 e. The number of carbonyl (C=O) groups excluding carboxylic acids is 1. The van der Waals surface area contributed by atoms with Gasteiger partial charge < -0.3 is 9.84 Å². The van der Waals surface area contributed by atoms with Crippen LogP contribution in [0.25, 0.3) is 0 Å². The fraction of sp³-hybridized carbons (Fsp3) is 0.524. The molecule has 140 valence electrons. The van der Waals surface area contributed by atoms with Crippen molar-refractivity contribution in [1.82, 2.24) is 15.4 Å². The summed E-state index contributed by atoms with van der Waals surface area (Å²) in [5, 5.41) is 6.93. The lowest BCUT2D eigenvalue weighted by atomic mass is 9.95. The lowest BCUT2D eigenvalue weighted by molar-refractivity contribution is 0.0904. The zero-order valence-corrected chi connectivity index (χ0v) is 16.0. The van der Waals surface area contributed by atoms with E-state index >= 15 is 0 Å². The molecular formula is C21H29N3O2. The quantitative estimate of drug-likeness (QED) is 0.857. The first-order valence-electron chi connectivity index (χ1n) is 9.61. The molecule has 1 amide bonds. The van der Waals surface area contributed by atoms with Gasteiger partial charge >= 0.3 is 0 Å². The molecule has 2 heterocycles. The molecule has 1 aromatic heterocycles. The number of rotatable bonds is 6. The summed E-state index contributed by atoms with van der Waals surface area (Å²) in [6.07, 6.45) is 3.15. The van der Waals surface area contributed by atoms with Crippen LogP contribution in [0.5, 0.6) is 0 Å². The van der Waals surface area contributed by atoms with Crippen LogP contribution in [-0.2, 0) is 6.42 Å². The Hall–Kier alpha value is -2.14. The number of aromatic nitrogens is 1. The molecule has 0 bridgehead atoms. The van der Waals surface area contributed by atoms with Gasteiger partial charge in [0.1, 0.15) is 5.76 Å². The molecule has 0 aliphatic carbocycles. The Bertz CT molecular complexity index is 715. The van der Waals surface area contributed by atoms with E-state index in [0.29, 0.717) is 12.2 Å². The highest BCUT2D eigenvalue weighted by atomic mass is 16.5. The van der Waals surface area contributed by atoms with E-state index in [1.165, 1.54) is 24.0 Å². The Labute approximate surface area is 155 Å². The summed E-state index contributed by atoms with van der Waals surface area (Å²) in [4.78, 5) is 14.9. The van der Waals surface area contributed by atoms with E-state index in [-0.39, 0.29) is 11.9 Å². The van der Waals surface area contributed by atoms with Gasteiger partial charge in [0.2, 0.25) is 0 Å². The van der Waals surface area contributed by atoms with Crippen molar-refractivity contribution < 1.29 is 9.32 Å². The van der Waals surface area contributed by atoms with Gasteiger partial charge in [-0.25, -0.2) is 0 Å². The van der Waals surface area contributed by atoms with E-state index < -0.39 is 0 Å². The third kappa shape index (κ3) is 4.52. The van der Waals surface area contributed by atoms with Crippen molar-refractivity contribution in [3.63, 3.8) is 0 Å². The largest absolute Gasteiger partial charge is 0.361 e. The third-order valence-corrected chi connectivity index (χ3v) is 5.32. The number of likely N-dealkylation sites (tertiary alicyclic amines) is 1. The molecule has 1 atom stereocenters. The summed E-state index contributed by atoms with van der Waals surface area (Å²) in [5.41, 5.74) is 2.86. The highest BCUT2D eigenvalue weighted by Gasteiger charge is 2.25. The van der Waals surface area contributed by atoms with Crippen LogP contribution < -0.4 is 5.32 Å². The molecule has 1 aliphatic rings. The van der Waals surface area contributed by atoms with Gasteiger partial charge in [0, 0.05) is 19.0 Å². The third-order valence-electron chi connectivity index (χ3n) is 5.32. The van der Waals surface area contributed by atoms with Crippen LogP contribution in [0.15, 0.2) is 34.9 Å². The lowest BCUT2D eigenvalue weighted by Gasteiger charge is -2.37. The van der Waals surface area contributed by atoms with Crippen LogP contribution in [0, 0.1) is 12.8 Å². The smallest absolute Gasteiger partial charge is 0.273 e. The van der Waals surface area contributed by atoms with Gasteiger partial charge in [0.15, 0.2) is 5.69 Å². The number of hydrogen-bond donors (Lipinski definition) is 1. The molecule has 0 unspecified atom stereocenters. The first-order valence-corrected chi connectivity index (χ1v) is 9.61. The monoisotopic (exact) mass is 355 g/mol. The molecule has 5 heteroatoms. The molecule has 1 fully saturated rings. The number of amides is 1. The summed E-state index contributed by atoms with van der Waals surface area (Å²) in [6, 6.07) is 10.5. The van der Waals surface area contributed by atoms with Crippen LogP contribution in [0.4, 0.5) is 0 Å². The highest BCUT2D eigenvalue weighted by molar-refractivity contribution is 5.92. The predicted molar refractivity (Wildman–Crippen MR) is 102 cm³/mol. The minimum Gasteiger partial charge on any atom is -0.361 e. The van der Waals surface area contributed by atoms with Crippen molar-refractivity contribution in [3.8, 4) is 0 Å². The number of aryl methyl sites for hydroxylation is 2. The Balaban J connectivity index is 1.70. The summed E-state index contributed by atoms with van der Waals surface area (Å²) in [7, 11) is 0. The number of nitrogens with zero attached hydrogens (tertiary/aromatic N) is 2. The number of piperidine rings is 1. The number of benzene rings is 1. The van der Waals surface area contributed by atoms with Crippen molar-refractivity contribution in [2.75, 3.05) is 19.6 Å². The summed E-state index contributed by atoms with van der Waals surface area (Å²) in [6.45, 7) is 9.10. The Morgan fingerprint density at radius 3 is 2.62 bits per heavy atom. The van der Waals surface area contributed by atoms with Crippen molar-refractivity contribution in [2.24, 2.45) is 5.92 Å². The van der Waals surface area contributed by atoms with Gasteiger partial charge in [0.25, 0.3) is 5.91 Å². The Kier molecular flexibility index (Phi) is 6.09. The second kappa shape index (κ2) is 8.49. The van der Waals surface area contributed by atoms with Crippen LogP contribution in [0.3, 0.4) is 0 Å². The van der Waals surface area contributed by atoms with E-state index in [1.807, 2.05) is 6.92 Å². The SMILES string of the molecule is CCc1cc(C(=O)NC[C@@H](c2ccc(C)cc2)N2CCC(C)CC2)no1. The van der Waals surface area contributed by atoms with Crippen LogP contribution >= 0.6 is 0 Å². The Morgan fingerprint density at radius 1 is 1.31 bits per heavy atom. The van der Waals surface area contributed by atoms with Gasteiger partial charge in [-0.3, -0.25) is 9.69 Å². The molecule has 5 nitrogen and oxygen atoms in total. The molecule has 0 spiro atoms. The normalized spacial score (nSPS) is 17.2. The molecule has 1 aromatic carbocycles. The molecule has 3 rings (SSSR count). The van der Waals surface area contributed by atoms with E-state index in [0.717, 1.165) is 31.2 Å². The zero-order chi connectivity index (χ0) is 18.5. The van der Waals surface area contributed by atoms with Crippen molar-refractivity contribution >= 4 is 5.91 Å². The second-order valence-electron chi connectivity index (χ2n) is 7.39. The molecule has 0 saturated carbocycles. The van der Waals surface area contributed by atoms with Crippen molar-refractivity contribution in [1.29, 1.82) is 0 Å². The predicted octanol–water partition coefficient (Wildman–Crippen LogP) is 3.75. The summed E-state index contributed by atoms with van der Waals surface area (Å²) in [5.74, 6) is 1.34. The molecule has 0 radical (unpaired) electrons. The summed E-state index contributed by atoms with van der Waals surface area (Å²) >= 11 is 0. The molecule has 1 aliphatic heterocycles. The Morgan fingerprint density at radius 2 is 2.00 bits per heavy atom. The van der Waals surface area contributed by atoms with Gasteiger partial charge in [-0.1, -0.05) is 48.8 Å². The van der Waals surface area contributed by atoms with Gasteiger partial charge in [-0.15, -0.1) is 0 Å². The summed E-state index contributed by atoms with van der Waals surface area (Å²) < 4.78 is 5.15. The number of nitrogens with one attached hydrogen (secondary N) is 1. The number of hydrogen-bond acceptors (Lipinski definition) is 4. The highest BCUT2D eigenvalue weighted by Crippen LogP contribution is 2.26. The fourth-order valence-electron chi connectivity index (χ4n) is 3.45. The standard InChI is InChI=1S/C21H29N3O2/c1-4-18-13-19(23-26-18)21(25)22-14-20(17-7-5-15(2)6-8-17)24-11-9-16(3)10-12-24/h5-8,13,16,20H,4,9-12,14H2,1-3H3,(H,22,25)/t20-/m0/s1. The number of carbonyl (C=O) groups is 1. The molecular weight excluding hydrogens is 326 g/mol. The lowest BCUT2D eigenvalue weighted by Crippen LogP contribution is -2.42. The molecule has 26 heavy (non-hydrogen) atoms. The van der Waals surface area contributed by atoms with E-state index in [9.17, 15) is 4.79 Å². The van der Waals surface area contributed by atoms with E-state index in [1.54, 1.807) is 6.07 Å². The van der Waals surface area contributed by atoms with Crippen LogP contribution in [-0.4, -0.2) is 35.6 Å². The zero-order valence-electron chi connectivity index (χ0n) is 16.0. The molecule has 2 aromatic rings. The average molecular weight is 355 g/mol. The van der Waals surface area contributed by atoms with Gasteiger partial charge in [-0.05, 0) is 44.3 Å². The van der Waals surface area contributed by atoms with Crippen LogP contribution in [0.2, 0.25) is 0 Å². The minimum atomic E-state index is -0.170. The molecule has 1 N–H and O–H groups in total. The fourth-order valence-corrected chi connectivity index (χ4v) is 3.45. The van der Waals surface area contributed by atoms with Crippen molar-refractivity contribution in [3.05, 3.63) is 52.9 Å². The first kappa shape index (κ1) is 18.6. The van der Waals surface area contributed by atoms with E-state index in [4.69, 9.17) is 4.52 Å². The van der Waals surface area contributed by atoms with Gasteiger partial charge in [0.05, 0.1) is 6.04 Å².